The van der Waals surface area contributed by atoms with Gasteiger partial charge >= 0.3 is 0 Å². The maximum Gasteiger partial charge on any atom is 0.0372 e. The van der Waals surface area contributed by atoms with Crippen LogP contribution in [0.1, 0.15) is 46.1 Å². The van der Waals surface area contributed by atoms with Gasteiger partial charge in [0, 0.05) is 18.1 Å². The molecule has 1 unspecified atom stereocenters. The lowest BCUT2D eigenvalue weighted by atomic mass is 9.85. The number of rotatable bonds is 8. The monoisotopic (exact) mass is 262 g/mol. The summed E-state index contributed by atoms with van der Waals surface area (Å²) in [4.78, 5) is 2.60. The fourth-order valence-electron chi connectivity index (χ4n) is 3.02. The molecule has 108 valence electrons. The van der Waals surface area contributed by atoms with Gasteiger partial charge in [-0.1, -0.05) is 44.2 Å². The second-order valence-electron chi connectivity index (χ2n) is 5.73. The van der Waals surface area contributed by atoms with Gasteiger partial charge in [-0.25, -0.2) is 0 Å². The van der Waals surface area contributed by atoms with Crippen LogP contribution < -0.4 is 5.73 Å². The van der Waals surface area contributed by atoms with Crippen molar-refractivity contribution in [2.75, 3.05) is 13.1 Å². The van der Waals surface area contributed by atoms with Crippen molar-refractivity contribution in [2.24, 2.45) is 5.73 Å². The normalized spacial score (nSPS) is 14.9. The van der Waals surface area contributed by atoms with Crippen molar-refractivity contribution in [3.8, 4) is 0 Å². The predicted octanol–water partition coefficient (Wildman–Crippen LogP) is 3.46. The molecule has 2 heteroatoms. The summed E-state index contributed by atoms with van der Waals surface area (Å²) in [7, 11) is 0. The van der Waals surface area contributed by atoms with Gasteiger partial charge in [0.15, 0.2) is 0 Å². The van der Waals surface area contributed by atoms with Crippen LogP contribution in [0, 0.1) is 0 Å². The van der Waals surface area contributed by atoms with E-state index in [0.717, 1.165) is 25.9 Å². The van der Waals surface area contributed by atoms with Gasteiger partial charge in [-0.05, 0) is 45.2 Å². The quantitative estimate of drug-likeness (QED) is 0.777. The Morgan fingerprint density at radius 1 is 1.16 bits per heavy atom. The van der Waals surface area contributed by atoms with E-state index in [1.54, 1.807) is 0 Å². The lowest BCUT2D eigenvalue weighted by Crippen LogP contribution is -2.57. The van der Waals surface area contributed by atoms with Gasteiger partial charge in [-0.15, -0.1) is 0 Å². The van der Waals surface area contributed by atoms with Crippen LogP contribution in [0.5, 0.6) is 0 Å². The van der Waals surface area contributed by atoms with Crippen molar-refractivity contribution in [2.45, 2.75) is 58.5 Å². The summed E-state index contributed by atoms with van der Waals surface area (Å²) in [6.07, 6.45) is 3.31. The highest BCUT2D eigenvalue weighted by atomic mass is 15.2. The van der Waals surface area contributed by atoms with Crippen LogP contribution >= 0.6 is 0 Å². The molecule has 1 atom stereocenters. The molecular formula is C17H30N2. The second-order valence-corrected chi connectivity index (χ2v) is 5.73. The average Bonchev–Trinajstić information content (AvgIpc) is 2.43. The summed E-state index contributed by atoms with van der Waals surface area (Å²) in [5, 5.41) is 0. The third-order valence-corrected chi connectivity index (χ3v) is 4.11. The Morgan fingerprint density at radius 3 is 2.21 bits per heavy atom. The molecule has 0 saturated carbocycles. The Balaban J connectivity index is 3.00. The van der Waals surface area contributed by atoms with Crippen molar-refractivity contribution in [3.63, 3.8) is 0 Å². The van der Waals surface area contributed by atoms with Crippen LogP contribution in [0.3, 0.4) is 0 Å². The molecule has 0 bridgehead atoms. The summed E-state index contributed by atoms with van der Waals surface area (Å²) in [5.74, 6) is 0. The average molecular weight is 262 g/mol. The summed E-state index contributed by atoms with van der Waals surface area (Å²) in [5.41, 5.74) is 7.67. The van der Waals surface area contributed by atoms with Gasteiger partial charge in [-0.3, -0.25) is 4.90 Å². The largest absolute Gasteiger partial charge is 0.329 e. The molecule has 1 aromatic carbocycles. The zero-order chi connectivity index (χ0) is 14.3. The minimum Gasteiger partial charge on any atom is -0.329 e. The van der Waals surface area contributed by atoms with E-state index in [2.05, 4.69) is 62.9 Å². The van der Waals surface area contributed by atoms with Crippen LogP contribution in [0.15, 0.2) is 30.3 Å². The van der Waals surface area contributed by atoms with Crippen LogP contribution in [0.2, 0.25) is 0 Å². The van der Waals surface area contributed by atoms with Crippen LogP contribution in [-0.2, 0) is 6.42 Å². The summed E-state index contributed by atoms with van der Waals surface area (Å²) >= 11 is 0. The van der Waals surface area contributed by atoms with Crippen molar-refractivity contribution in [3.05, 3.63) is 35.9 Å². The first kappa shape index (κ1) is 16.2. The molecule has 0 aliphatic rings. The van der Waals surface area contributed by atoms with Crippen molar-refractivity contribution in [1.82, 2.24) is 4.90 Å². The molecule has 0 aliphatic carbocycles. The van der Waals surface area contributed by atoms with Crippen molar-refractivity contribution in [1.29, 1.82) is 0 Å². The molecule has 2 N–H and O–H groups in total. The van der Waals surface area contributed by atoms with E-state index >= 15 is 0 Å². The zero-order valence-corrected chi connectivity index (χ0v) is 13.0. The van der Waals surface area contributed by atoms with Crippen LogP contribution in [-0.4, -0.2) is 29.6 Å². The third-order valence-electron chi connectivity index (χ3n) is 4.11. The first-order valence-corrected chi connectivity index (χ1v) is 7.60. The Kier molecular flexibility index (Phi) is 6.53. The standard InChI is InChI=1S/C17H30N2/c1-5-12-19(15(3)4)17(6-2,14-18)13-16-10-8-7-9-11-16/h7-11,15H,5-6,12-14,18H2,1-4H3. The molecule has 0 spiro atoms. The molecule has 0 saturated heterocycles. The van der Waals surface area contributed by atoms with Gasteiger partial charge in [0.05, 0.1) is 0 Å². The highest BCUT2D eigenvalue weighted by Gasteiger charge is 2.34. The van der Waals surface area contributed by atoms with Crippen molar-refractivity contribution < 1.29 is 0 Å². The lowest BCUT2D eigenvalue weighted by Gasteiger charge is -2.46. The maximum atomic E-state index is 6.19. The number of hydrogen-bond donors (Lipinski definition) is 1. The topological polar surface area (TPSA) is 29.3 Å². The summed E-state index contributed by atoms with van der Waals surface area (Å²) in [6.45, 7) is 10.9. The van der Waals surface area contributed by atoms with Gasteiger partial charge in [0.25, 0.3) is 0 Å². The highest BCUT2D eigenvalue weighted by molar-refractivity contribution is 5.18. The minimum absolute atomic E-state index is 0.0888. The first-order valence-electron chi connectivity index (χ1n) is 7.60. The third kappa shape index (κ3) is 4.05. The van der Waals surface area contributed by atoms with Crippen molar-refractivity contribution >= 4 is 0 Å². The number of hydrogen-bond acceptors (Lipinski definition) is 2. The molecule has 0 heterocycles. The van der Waals surface area contributed by atoms with Gasteiger partial charge in [-0.2, -0.15) is 0 Å². The molecule has 0 aromatic heterocycles. The first-order chi connectivity index (χ1) is 9.09. The van der Waals surface area contributed by atoms with E-state index in [0.29, 0.717) is 6.04 Å². The van der Waals surface area contributed by atoms with Crippen LogP contribution in [0.4, 0.5) is 0 Å². The molecule has 0 radical (unpaired) electrons. The smallest absolute Gasteiger partial charge is 0.0372 e. The molecular weight excluding hydrogens is 232 g/mol. The summed E-state index contributed by atoms with van der Waals surface area (Å²) < 4.78 is 0. The number of nitrogens with two attached hydrogens (primary N) is 1. The second kappa shape index (κ2) is 7.66. The fourth-order valence-corrected chi connectivity index (χ4v) is 3.02. The summed E-state index contributed by atoms with van der Waals surface area (Å²) in [6, 6.07) is 11.3. The van der Waals surface area contributed by atoms with Gasteiger partial charge < -0.3 is 5.73 Å². The highest BCUT2D eigenvalue weighted by Crippen LogP contribution is 2.26. The molecule has 19 heavy (non-hydrogen) atoms. The Morgan fingerprint density at radius 2 is 1.79 bits per heavy atom. The molecule has 0 fully saturated rings. The molecule has 2 nitrogen and oxygen atoms in total. The Labute approximate surface area is 119 Å². The maximum absolute atomic E-state index is 6.19. The predicted molar refractivity (Wildman–Crippen MR) is 84.4 cm³/mol. The minimum atomic E-state index is 0.0888. The lowest BCUT2D eigenvalue weighted by molar-refractivity contribution is 0.0572. The number of nitrogens with zero attached hydrogens (tertiary/aromatic N) is 1. The van der Waals surface area contributed by atoms with E-state index in [-0.39, 0.29) is 5.54 Å². The molecule has 0 amide bonds. The zero-order valence-electron chi connectivity index (χ0n) is 13.0. The molecule has 0 aliphatic heterocycles. The molecule has 1 aromatic rings. The fraction of sp³-hybridized carbons (Fsp3) is 0.647. The SMILES string of the molecule is CCCN(C(C)C)C(CC)(CN)Cc1ccccc1. The van der Waals surface area contributed by atoms with Gasteiger partial charge in [0.1, 0.15) is 0 Å². The Hall–Kier alpha value is -0.860. The van der Waals surface area contributed by atoms with E-state index < -0.39 is 0 Å². The van der Waals surface area contributed by atoms with E-state index in [1.165, 1.54) is 12.0 Å². The Bertz CT molecular complexity index is 342. The van der Waals surface area contributed by atoms with Crippen LogP contribution in [0.25, 0.3) is 0 Å². The van der Waals surface area contributed by atoms with E-state index in [1.807, 2.05) is 0 Å². The molecule has 1 rings (SSSR count). The van der Waals surface area contributed by atoms with Gasteiger partial charge in [0.2, 0.25) is 0 Å². The van der Waals surface area contributed by atoms with E-state index in [4.69, 9.17) is 5.73 Å². The van der Waals surface area contributed by atoms with E-state index in [9.17, 15) is 0 Å². The number of benzene rings is 1.